The lowest BCUT2D eigenvalue weighted by molar-refractivity contribution is 0.963. The second-order valence-corrected chi connectivity index (χ2v) is 8.07. The summed E-state index contributed by atoms with van der Waals surface area (Å²) in [5.41, 5.74) is 2.60. The molecule has 108 valence electrons. The normalized spacial score (nSPS) is 23.5. The molecule has 0 aliphatic carbocycles. The van der Waals surface area contributed by atoms with Crippen molar-refractivity contribution in [3.63, 3.8) is 0 Å². The lowest BCUT2D eigenvalue weighted by Crippen LogP contribution is -2.07. The molecule has 0 N–H and O–H groups in total. The second kappa shape index (κ2) is 6.19. The smallest absolute Gasteiger partial charge is 0.104 e. The topological polar surface area (TPSA) is 17.8 Å². The molecular weight excluding hydrogens is 276 g/mol. The average molecular weight is 296 g/mol. The van der Waals surface area contributed by atoms with Crippen LogP contribution in [0, 0.1) is 0 Å². The summed E-state index contributed by atoms with van der Waals surface area (Å²) in [7, 11) is -1.10. The van der Waals surface area contributed by atoms with Crippen molar-refractivity contribution in [1.82, 2.24) is 8.96 Å². The summed E-state index contributed by atoms with van der Waals surface area (Å²) in [5.74, 6) is 1.14. The molecule has 0 bridgehead atoms. The Bertz CT molecular complexity index is 656. The minimum atomic E-state index is -1.10. The molecule has 2 nitrogen and oxygen atoms in total. The van der Waals surface area contributed by atoms with E-state index in [0.717, 1.165) is 18.6 Å². The lowest BCUT2D eigenvalue weighted by atomic mass is 10.1. The van der Waals surface area contributed by atoms with E-state index in [2.05, 4.69) is 69.0 Å². The molecule has 0 spiro atoms. The van der Waals surface area contributed by atoms with E-state index in [1.807, 2.05) is 18.6 Å². The number of hydrogen-bond acceptors (Lipinski definition) is 1. The van der Waals surface area contributed by atoms with Crippen LogP contribution in [0.2, 0.25) is 0 Å². The van der Waals surface area contributed by atoms with Crippen LogP contribution in [0.25, 0.3) is 5.57 Å². The predicted octanol–water partition coefficient (Wildman–Crippen LogP) is 4.99. The highest BCUT2D eigenvalue weighted by Gasteiger charge is 2.24. The van der Waals surface area contributed by atoms with Crippen LogP contribution in [-0.4, -0.2) is 14.7 Å². The summed E-state index contributed by atoms with van der Waals surface area (Å²) in [6.45, 7) is 3.83. The molecule has 1 aliphatic rings. The fourth-order valence-corrected chi connectivity index (χ4v) is 5.54. The molecule has 3 rings (SSSR count). The Morgan fingerprint density at radius 3 is 2.81 bits per heavy atom. The predicted molar refractivity (Wildman–Crippen MR) is 93.1 cm³/mol. The Morgan fingerprint density at radius 1 is 1.24 bits per heavy atom. The van der Waals surface area contributed by atoms with Crippen LogP contribution in [0.4, 0.5) is 0 Å². The van der Waals surface area contributed by atoms with Gasteiger partial charge in [0.2, 0.25) is 0 Å². The van der Waals surface area contributed by atoms with E-state index >= 15 is 0 Å². The molecule has 21 heavy (non-hydrogen) atoms. The maximum atomic E-state index is 4.24. The van der Waals surface area contributed by atoms with Crippen LogP contribution in [0.15, 0.2) is 78.6 Å². The van der Waals surface area contributed by atoms with E-state index < -0.39 is 10.2 Å². The molecule has 0 fully saturated rings. The number of nitrogens with zero attached hydrogens (tertiary/aromatic N) is 2. The Hall–Kier alpha value is -2.00. The summed E-state index contributed by atoms with van der Waals surface area (Å²) >= 11 is 0. The molecule has 0 radical (unpaired) electrons. The summed E-state index contributed by atoms with van der Waals surface area (Å²) < 4.78 is 2.28. The van der Waals surface area contributed by atoms with E-state index in [4.69, 9.17) is 0 Å². The van der Waals surface area contributed by atoms with Crippen molar-refractivity contribution in [2.45, 2.75) is 12.8 Å². The fourth-order valence-electron chi connectivity index (χ4n) is 2.55. The zero-order valence-corrected chi connectivity index (χ0v) is 12.9. The summed E-state index contributed by atoms with van der Waals surface area (Å²) in [5, 5.41) is 4.81. The van der Waals surface area contributed by atoms with E-state index in [-0.39, 0.29) is 0 Å². The van der Waals surface area contributed by atoms with Crippen LogP contribution in [-0.2, 0) is 0 Å². The van der Waals surface area contributed by atoms with E-state index in [9.17, 15) is 0 Å². The minimum absolute atomic E-state index is 1.06. The van der Waals surface area contributed by atoms with Gasteiger partial charge in [-0.15, -0.1) is 16.8 Å². The highest BCUT2D eigenvalue weighted by molar-refractivity contribution is 8.37. The Balaban J connectivity index is 1.93. The molecular formula is C18H20N2S. The van der Waals surface area contributed by atoms with Crippen molar-refractivity contribution in [3.05, 3.63) is 84.2 Å². The van der Waals surface area contributed by atoms with Gasteiger partial charge in [0, 0.05) is 18.1 Å². The van der Waals surface area contributed by atoms with Crippen LogP contribution in [0.5, 0.6) is 0 Å². The quantitative estimate of drug-likeness (QED) is 0.542. The molecule has 1 aromatic heterocycles. The van der Waals surface area contributed by atoms with Crippen LogP contribution in [0.3, 0.4) is 0 Å². The Kier molecular flexibility index (Phi) is 4.11. The number of imidazole rings is 1. The third kappa shape index (κ3) is 2.88. The van der Waals surface area contributed by atoms with E-state index in [0.29, 0.717) is 0 Å². The van der Waals surface area contributed by atoms with Gasteiger partial charge in [-0.3, -0.25) is 3.97 Å². The van der Waals surface area contributed by atoms with Gasteiger partial charge < -0.3 is 0 Å². The maximum Gasteiger partial charge on any atom is 0.104 e. The Morgan fingerprint density at radius 2 is 2.10 bits per heavy atom. The fraction of sp³-hybridized carbons (Fsp3) is 0.167. The number of unbranched alkanes of at least 4 members (excludes halogenated alkanes) is 1. The summed E-state index contributed by atoms with van der Waals surface area (Å²) in [6, 6.07) is 10.6. The molecule has 1 aromatic carbocycles. The van der Waals surface area contributed by atoms with Gasteiger partial charge in [-0.2, -0.15) is 0 Å². The van der Waals surface area contributed by atoms with E-state index in [1.54, 1.807) is 0 Å². The highest BCUT2D eigenvalue weighted by Crippen LogP contribution is 2.58. The molecule has 1 unspecified atom stereocenters. The molecule has 3 heteroatoms. The molecule has 1 aliphatic heterocycles. The minimum Gasteiger partial charge on any atom is -0.292 e. The summed E-state index contributed by atoms with van der Waals surface area (Å²) in [4.78, 5) is 4.24. The van der Waals surface area contributed by atoms with Gasteiger partial charge in [0.05, 0.1) is 0 Å². The van der Waals surface area contributed by atoms with Crippen molar-refractivity contribution in [2.75, 3.05) is 5.75 Å². The number of rotatable bonds is 6. The first-order valence-corrected chi connectivity index (χ1v) is 9.08. The van der Waals surface area contributed by atoms with Crippen LogP contribution in [0.1, 0.15) is 18.4 Å². The number of benzene rings is 1. The van der Waals surface area contributed by atoms with Gasteiger partial charge in [0.25, 0.3) is 0 Å². The average Bonchev–Trinajstić information content (AvgIpc) is 3.19. The highest BCUT2D eigenvalue weighted by atomic mass is 32.3. The van der Waals surface area contributed by atoms with Gasteiger partial charge in [-0.1, -0.05) is 36.4 Å². The largest absolute Gasteiger partial charge is 0.292 e. The molecule has 1 atom stereocenters. The molecule has 2 heterocycles. The van der Waals surface area contributed by atoms with Crippen molar-refractivity contribution in [2.24, 2.45) is 0 Å². The third-order valence-electron chi connectivity index (χ3n) is 3.67. The first-order valence-electron chi connectivity index (χ1n) is 7.20. The number of allylic oxidation sites excluding steroid dienone is 3. The van der Waals surface area contributed by atoms with Crippen molar-refractivity contribution >= 4 is 15.8 Å². The van der Waals surface area contributed by atoms with Crippen molar-refractivity contribution in [1.29, 1.82) is 0 Å². The van der Waals surface area contributed by atoms with Crippen molar-refractivity contribution in [3.8, 4) is 0 Å². The molecule has 2 aromatic rings. The van der Waals surface area contributed by atoms with Crippen molar-refractivity contribution < 1.29 is 0 Å². The zero-order valence-electron chi connectivity index (χ0n) is 12.1. The zero-order chi connectivity index (χ0) is 14.5. The van der Waals surface area contributed by atoms with Gasteiger partial charge in [-0.05, 0) is 40.9 Å². The lowest BCUT2D eigenvalue weighted by Gasteiger charge is -2.33. The Labute approximate surface area is 128 Å². The van der Waals surface area contributed by atoms with Gasteiger partial charge in [0.1, 0.15) is 6.33 Å². The monoisotopic (exact) mass is 296 g/mol. The van der Waals surface area contributed by atoms with Gasteiger partial charge >= 0.3 is 0 Å². The number of hydrogen-bond donors (Lipinski definition) is 0. The van der Waals surface area contributed by atoms with Crippen LogP contribution < -0.4 is 0 Å². The molecule has 0 amide bonds. The SMILES string of the molecule is C=CCCCS1(n2ccnc2)C=CC(c2ccccc2)=C1. The second-order valence-electron chi connectivity index (χ2n) is 5.11. The van der Waals surface area contributed by atoms with E-state index in [1.165, 1.54) is 11.1 Å². The summed E-state index contributed by atoms with van der Waals surface area (Å²) in [6.07, 6.45) is 12.4. The van der Waals surface area contributed by atoms with Gasteiger partial charge in [0.15, 0.2) is 0 Å². The molecule has 0 saturated carbocycles. The van der Waals surface area contributed by atoms with Gasteiger partial charge in [-0.25, -0.2) is 4.98 Å². The van der Waals surface area contributed by atoms with Crippen LogP contribution >= 0.6 is 10.2 Å². The number of aromatic nitrogens is 2. The third-order valence-corrected chi connectivity index (χ3v) is 6.89. The first kappa shape index (κ1) is 14.0. The molecule has 0 saturated heterocycles. The maximum absolute atomic E-state index is 4.24. The standard InChI is InChI=1S/C18H20N2S/c1-2-3-7-13-21(20-12-11-19-16-20)14-10-18(15-21)17-8-5-4-6-9-17/h2,4-6,8-12,14-16H,1,3,7,13H2. The first-order chi connectivity index (χ1) is 10.3.